The van der Waals surface area contributed by atoms with E-state index in [1.165, 1.54) is 0 Å². The SMILES string of the molecule is CC12CCCN1C(=O)N(Cc1cccc(Cl)c1)C2. The average Bonchev–Trinajstić information content (AvgIpc) is 2.78. The zero-order valence-corrected chi connectivity index (χ0v) is 11.3. The molecule has 3 rings (SSSR count). The van der Waals surface area contributed by atoms with Crippen LogP contribution >= 0.6 is 11.6 Å². The third kappa shape index (κ3) is 1.87. The molecule has 3 nitrogen and oxygen atoms in total. The van der Waals surface area contributed by atoms with Gasteiger partial charge in [0.15, 0.2) is 0 Å². The molecule has 0 spiro atoms. The second-order valence-corrected chi connectivity index (χ2v) is 5.96. The molecule has 96 valence electrons. The van der Waals surface area contributed by atoms with E-state index in [9.17, 15) is 4.79 Å². The molecule has 2 fully saturated rings. The number of hydrogen-bond acceptors (Lipinski definition) is 1. The fourth-order valence-corrected chi connectivity index (χ4v) is 3.36. The van der Waals surface area contributed by atoms with Crippen molar-refractivity contribution in [2.45, 2.75) is 31.8 Å². The largest absolute Gasteiger partial charge is 0.320 e. The van der Waals surface area contributed by atoms with E-state index in [1.807, 2.05) is 34.1 Å². The topological polar surface area (TPSA) is 23.6 Å². The molecule has 2 saturated heterocycles. The molecular weight excluding hydrogens is 248 g/mol. The van der Waals surface area contributed by atoms with Crippen molar-refractivity contribution >= 4 is 17.6 Å². The maximum absolute atomic E-state index is 12.3. The van der Waals surface area contributed by atoms with Gasteiger partial charge in [-0.05, 0) is 37.5 Å². The Morgan fingerprint density at radius 1 is 1.44 bits per heavy atom. The molecule has 2 aliphatic rings. The molecule has 1 aromatic carbocycles. The monoisotopic (exact) mass is 264 g/mol. The quantitative estimate of drug-likeness (QED) is 0.805. The van der Waals surface area contributed by atoms with Gasteiger partial charge in [0.25, 0.3) is 0 Å². The van der Waals surface area contributed by atoms with E-state index in [0.29, 0.717) is 6.54 Å². The molecule has 0 aromatic heterocycles. The van der Waals surface area contributed by atoms with E-state index in [4.69, 9.17) is 11.6 Å². The predicted octanol–water partition coefficient (Wildman–Crippen LogP) is 3.13. The number of nitrogens with zero attached hydrogens (tertiary/aromatic N) is 2. The van der Waals surface area contributed by atoms with Crippen molar-refractivity contribution in [2.75, 3.05) is 13.1 Å². The van der Waals surface area contributed by atoms with Gasteiger partial charge in [-0.3, -0.25) is 0 Å². The number of urea groups is 1. The highest BCUT2D eigenvalue weighted by Crippen LogP contribution is 2.36. The first-order chi connectivity index (χ1) is 8.58. The molecule has 0 bridgehead atoms. The van der Waals surface area contributed by atoms with Crippen molar-refractivity contribution in [3.05, 3.63) is 34.9 Å². The Hall–Kier alpha value is -1.22. The van der Waals surface area contributed by atoms with Gasteiger partial charge in [0.2, 0.25) is 0 Å². The summed E-state index contributed by atoms with van der Waals surface area (Å²) in [6.07, 6.45) is 2.25. The van der Waals surface area contributed by atoms with Crippen LogP contribution in [0, 0.1) is 0 Å². The second kappa shape index (κ2) is 4.16. The van der Waals surface area contributed by atoms with Crippen molar-refractivity contribution in [3.8, 4) is 0 Å². The van der Waals surface area contributed by atoms with Gasteiger partial charge in [0, 0.05) is 24.7 Å². The average molecular weight is 265 g/mol. The molecule has 0 N–H and O–H groups in total. The van der Waals surface area contributed by atoms with Crippen LogP contribution in [-0.2, 0) is 6.54 Å². The van der Waals surface area contributed by atoms with Gasteiger partial charge in [0.05, 0.1) is 5.54 Å². The van der Waals surface area contributed by atoms with Gasteiger partial charge < -0.3 is 9.80 Å². The third-order valence-corrected chi connectivity index (χ3v) is 4.28. The highest BCUT2D eigenvalue weighted by Gasteiger charge is 2.48. The lowest BCUT2D eigenvalue weighted by atomic mass is 10.0. The molecular formula is C14H17ClN2O. The fourth-order valence-electron chi connectivity index (χ4n) is 3.14. The first-order valence-electron chi connectivity index (χ1n) is 6.39. The summed E-state index contributed by atoms with van der Waals surface area (Å²) in [6.45, 7) is 4.58. The minimum atomic E-state index is 0.0512. The Bertz CT molecular complexity index is 490. The zero-order chi connectivity index (χ0) is 12.8. The lowest BCUT2D eigenvalue weighted by Crippen LogP contribution is -2.38. The summed E-state index contributed by atoms with van der Waals surface area (Å²) in [6, 6.07) is 7.91. The highest BCUT2D eigenvalue weighted by molar-refractivity contribution is 6.30. The lowest BCUT2D eigenvalue weighted by Gasteiger charge is -2.24. The van der Waals surface area contributed by atoms with Crippen molar-refractivity contribution in [3.63, 3.8) is 0 Å². The highest BCUT2D eigenvalue weighted by atomic mass is 35.5. The number of rotatable bonds is 2. The molecule has 1 aromatic rings. The first-order valence-corrected chi connectivity index (χ1v) is 6.77. The maximum atomic E-state index is 12.3. The molecule has 2 heterocycles. The van der Waals surface area contributed by atoms with Gasteiger partial charge in [-0.25, -0.2) is 4.79 Å². The van der Waals surface area contributed by atoms with Crippen LogP contribution in [0.15, 0.2) is 24.3 Å². The van der Waals surface area contributed by atoms with Crippen LogP contribution in [0.4, 0.5) is 4.79 Å². The summed E-state index contributed by atoms with van der Waals surface area (Å²) in [5.74, 6) is 0. The molecule has 0 radical (unpaired) electrons. The minimum Gasteiger partial charge on any atom is -0.318 e. The molecule has 0 saturated carbocycles. The molecule has 2 aliphatic heterocycles. The van der Waals surface area contributed by atoms with Crippen LogP contribution in [0.25, 0.3) is 0 Å². The van der Waals surface area contributed by atoms with Crippen LogP contribution in [0.3, 0.4) is 0 Å². The molecule has 1 atom stereocenters. The van der Waals surface area contributed by atoms with E-state index < -0.39 is 0 Å². The lowest BCUT2D eigenvalue weighted by molar-refractivity contribution is 0.184. The van der Waals surface area contributed by atoms with E-state index >= 15 is 0 Å². The van der Waals surface area contributed by atoms with E-state index in [0.717, 1.165) is 36.5 Å². The Labute approximate surface area is 112 Å². The number of halogens is 1. The molecule has 2 amide bonds. The maximum Gasteiger partial charge on any atom is 0.320 e. The summed E-state index contributed by atoms with van der Waals surface area (Å²) in [5.41, 5.74) is 1.15. The van der Waals surface area contributed by atoms with Crippen LogP contribution in [0.5, 0.6) is 0 Å². The first kappa shape index (κ1) is 11.8. The van der Waals surface area contributed by atoms with Crippen molar-refractivity contribution < 1.29 is 4.79 Å². The van der Waals surface area contributed by atoms with E-state index in [-0.39, 0.29) is 11.6 Å². The van der Waals surface area contributed by atoms with Crippen LogP contribution in [-0.4, -0.2) is 34.5 Å². The van der Waals surface area contributed by atoms with E-state index in [1.54, 1.807) is 0 Å². The van der Waals surface area contributed by atoms with Crippen LogP contribution in [0.2, 0.25) is 5.02 Å². The summed E-state index contributed by atoms with van der Waals surface area (Å²) in [5, 5.41) is 0.728. The second-order valence-electron chi connectivity index (χ2n) is 5.52. The number of carbonyl (C=O) groups excluding carboxylic acids is 1. The van der Waals surface area contributed by atoms with E-state index in [2.05, 4.69) is 6.92 Å². The molecule has 0 aliphatic carbocycles. The Kier molecular flexibility index (Phi) is 2.74. The molecule has 18 heavy (non-hydrogen) atoms. The Morgan fingerprint density at radius 3 is 3.00 bits per heavy atom. The normalized spacial score (nSPS) is 26.9. The van der Waals surface area contributed by atoms with Crippen LogP contribution in [0.1, 0.15) is 25.3 Å². The summed E-state index contributed by atoms with van der Waals surface area (Å²) >= 11 is 5.98. The Morgan fingerprint density at radius 2 is 2.28 bits per heavy atom. The summed E-state index contributed by atoms with van der Waals surface area (Å²) in [7, 11) is 0. The zero-order valence-electron chi connectivity index (χ0n) is 10.5. The number of fused-ring (bicyclic) bond motifs is 1. The van der Waals surface area contributed by atoms with Crippen molar-refractivity contribution in [1.82, 2.24) is 9.80 Å². The standard InChI is InChI=1S/C14H17ClN2O/c1-14-6-3-7-17(14)13(18)16(10-14)9-11-4-2-5-12(15)8-11/h2,4-5,8H,3,6-7,9-10H2,1H3. The van der Waals surface area contributed by atoms with Crippen molar-refractivity contribution in [1.29, 1.82) is 0 Å². The number of carbonyl (C=O) groups is 1. The number of hydrogen-bond donors (Lipinski definition) is 0. The van der Waals surface area contributed by atoms with Gasteiger partial charge in [-0.1, -0.05) is 23.7 Å². The fraction of sp³-hybridized carbons (Fsp3) is 0.500. The minimum absolute atomic E-state index is 0.0512. The summed E-state index contributed by atoms with van der Waals surface area (Å²) < 4.78 is 0. The molecule has 4 heteroatoms. The van der Waals surface area contributed by atoms with Gasteiger partial charge in [-0.15, -0.1) is 0 Å². The number of amides is 2. The van der Waals surface area contributed by atoms with Gasteiger partial charge in [-0.2, -0.15) is 0 Å². The van der Waals surface area contributed by atoms with Crippen LogP contribution < -0.4 is 0 Å². The van der Waals surface area contributed by atoms with Gasteiger partial charge >= 0.3 is 6.03 Å². The summed E-state index contributed by atoms with van der Waals surface area (Å²) in [4.78, 5) is 16.3. The smallest absolute Gasteiger partial charge is 0.318 e. The third-order valence-electron chi connectivity index (χ3n) is 4.04. The number of benzene rings is 1. The Balaban J connectivity index is 1.77. The van der Waals surface area contributed by atoms with Crippen molar-refractivity contribution in [2.24, 2.45) is 0 Å². The predicted molar refractivity (Wildman–Crippen MR) is 71.6 cm³/mol. The van der Waals surface area contributed by atoms with Gasteiger partial charge in [0.1, 0.15) is 0 Å². The molecule has 1 unspecified atom stereocenters.